The highest BCUT2D eigenvalue weighted by atomic mass is 16.2. The Bertz CT molecular complexity index is 4440. The van der Waals surface area contributed by atoms with Gasteiger partial charge in [0.1, 0.15) is 6.67 Å². The van der Waals surface area contributed by atoms with Gasteiger partial charge in [0.25, 0.3) is 30.3 Å². The molecule has 2 aromatic heterocycles. The quantitative estimate of drug-likeness (QED) is 0.0838. The first-order valence-corrected chi connectivity index (χ1v) is 28.1. The Labute approximate surface area is 475 Å². The average molecular weight is 1070 g/mol. The predicted octanol–water partition coefficient (Wildman–Crippen LogP) is 12.6. The number of rotatable bonds is 13. The number of hydrogen-bond acceptors (Lipinski definition) is 7. The smallest absolute Gasteiger partial charge is 0.263 e. The minimum absolute atomic E-state index is 0.0584. The molecular formula is C70H54BN7O4. The van der Waals surface area contributed by atoms with E-state index in [9.17, 15) is 19.2 Å². The fourth-order valence-corrected chi connectivity index (χ4v) is 13.1. The van der Waals surface area contributed by atoms with E-state index in [0.29, 0.717) is 22.3 Å². The molecule has 0 atom stereocenters. The molecule has 12 heteroatoms. The Kier molecular flexibility index (Phi) is 11.2. The van der Waals surface area contributed by atoms with Crippen LogP contribution in [0.5, 0.6) is 0 Å². The van der Waals surface area contributed by atoms with Gasteiger partial charge in [-0.15, -0.1) is 0 Å². The number of nitrogens with zero attached hydrogens (tertiary/aromatic N) is 7. The van der Waals surface area contributed by atoms with Gasteiger partial charge in [-0.25, -0.2) is 0 Å². The molecule has 0 unspecified atom stereocenters. The van der Waals surface area contributed by atoms with Gasteiger partial charge < -0.3 is 23.8 Å². The van der Waals surface area contributed by atoms with E-state index >= 15 is 0 Å². The number of anilines is 7. The van der Waals surface area contributed by atoms with Crippen molar-refractivity contribution in [2.24, 2.45) is 0 Å². The molecule has 0 N–H and O–H groups in total. The summed E-state index contributed by atoms with van der Waals surface area (Å²) in [5.74, 6) is -1.17. The third kappa shape index (κ3) is 7.37. The third-order valence-corrected chi connectivity index (χ3v) is 17.3. The number of hydrogen-bond donors (Lipinski definition) is 0. The number of imide groups is 2. The van der Waals surface area contributed by atoms with Crippen molar-refractivity contribution in [2.75, 3.05) is 28.4 Å². The van der Waals surface area contributed by atoms with Crippen LogP contribution >= 0.6 is 0 Å². The van der Waals surface area contributed by atoms with Crippen molar-refractivity contribution in [3.63, 3.8) is 0 Å². The summed E-state index contributed by atoms with van der Waals surface area (Å²) in [5, 5.41) is 2.16. The molecule has 11 aromatic rings. The normalized spacial score (nSPS) is 13.6. The molecule has 0 aliphatic carbocycles. The Morgan fingerprint density at radius 2 is 0.817 bits per heavy atom. The maximum atomic E-state index is 13.9. The number of aromatic nitrogens is 2. The summed E-state index contributed by atoms with van der Waals surface area (Å²) < 4.78 is 4.67. The van der Waals surface area contributed by atoms with E-state index in [-0.39, 0.29) is 43.6 Å². The van der Waals surface area contributed by atoms with Crippen LogP contribution in [0.3, 0.4) is 0 Å². The highest BCUT2D eigenvalue weighted by Crippen LogP contribution is 2.45. The highest BCUT2D eigenvalue weighted by Gasteiger charge is 2.42. The van der Waals surface area contributed by atoms with Gasteiger partial charge in [-0.3, -0.25) is 29.0 Å². The summed E-state index contributed by atoms with van der Waals surface area (Å²) in [6.45, 7) is 6.51. The lowest BCUT2D eigenvalue weighted by Gasteiger charge is -2.36. The molecule has 0 saturated carbocycles. The van der Waals surface area contributed by atoms with Crippen LogP contribution in [-0.4, -0.2) is 63.0 Å². The average Bonchev–Trinajstić information content (AvgIpc) is 1.81. The van der Waals surface area contributed by atoms with E-state index < -0.39 is 0 Å². The van der Waals surface area contributed by atoms with Crippen molar-refractivity contribution >= 4 is 108 Å². The van der Waals surface area contributed by atoms with Crippen molar-refractivity contribution in [1.29, 1.82) is 0 Å². The maximum absolute atomic E-state index is 13.9. The molecular weight excluding hydrogens is 1010 g/mol. The van der Waals surface area contributed by atoms with Gasteiger partial charge in [0.05, 0.1) is 51.2 Å². The molecule has 0 fully saturated rings. The van der Waals surface area contributed by atoms with E-state index in [4.69, 9.17) is 0 Å². The third-order valence-electron chi connectivity index (χ3n) is 17.3. The molecule has 4 amide bonds. The molecule has 4 aliphatic heterocycles. The van der Waals surface area contributed by atoms with Crippen LogP contribution in [0.2, 0.25) is 0 Å². The Balaban J connectivity index is 0.898. The van der Waals surface area contributed by atoms with Crippen molar-refractivity contribution in [2.45, 2.75) is 40.2 Å². The molecule has 4 aliphatic rings. The zero-order chi connectivity index (χ0) is 55.7. The van der Waals surface area contributed by atoms with Crippen LogP contribution in [0.1, 0.15) is 77.5 Å². The van der Waals surface area contributed by atoms with Crippen LogP contribution in [0.15, 0.2) is 207 Å². The lowest BCUT2D eigenvalue weighted by molar-refractivity contribution is 0.0632. The molecule has 0 spiro atoms. The monoisotopic (exact) mass is 1070 g/mol. The van der Waals surface area contributed by atoms with E-state index in [2.05, 4.69) is 186 Å². The van der Waals surface area contributed by atoms with Crippen molar-refractivity contribution in [3.05, 3.63) is 251 Å². The van der Waals surface area contributed by atoms with Gasteiger partial charge in [-0.1, -0.05) is 104 Å². The van der Waals surface area contributed by atoms with Crippen LogP contribution in [0.25, 0.3) is 33.2 Å². The highest BCUT2D eigenvalue weighted by molar-refractivity contribution is 7.00. The molecule has 0 saturated heterocycles. The van der Waals surface area contributed by atoms with Gasteiger partial charge in [0.2, 0.25) is 0 Å². The van der Waals surface area contributed by atoms with E-state index in [1.807, 2.05) is 24.1 Å². The van der Waals surface area contributed by atoms with Crippen molar-refractivity contribution in [3.8, 4) is 11.4 Å². The largest absolute Gasteiger partial charge is 0.356 e. The minimum atomic E-state index is -0.303. The first-order chi connectivity index (χ1) is 40.1. The zero-order valence-corrected chi connectivity index (χ0v) is 45.8. The molecule has 6 heterocycles. The number of carbonyl (C=O) groups is 4. The fourth-order valence-electron chi connectivity index (χ4n) is 13.1. The van der Waals surface area contributed by atoms with Crippen LogP contribution in [-0.2, 0) is 19.4 Å². The van der Waals surface area contributed by atoms with Gasteiger partial charge in [0.15, 0.2) is 0 Å². The molecule has 9 aromatic carbocycles. The van der Waals surface area contributed by atoms with E-state index in [1.165, 1.54) is 42.9 Å². The molecule has 0 radical (unpaired) electrons. The summed E-state index contributed by atoms with van der Waals surface area (Å²) in [4.78, 5) is 64.0. The second kappa shape index (κ2) is 18.7. The minimum Gasteiger partial charge on any atom is -0.356 e. The number of amides is 4. The standard InChI is InChI=1S/C70H54BN7O4/c1-5-44-17-25-48(26-18-44)77(47-23-15-43(3)16-24-47)60-33-31-58-65-56(60)35-37-73(65)62-39-51(72(4)42-76-69(81)54-13-9-10-14-55(54)70(76)82)40-63-64(62)71(58)59-32-34-61(57-36-38-74(63)66(57)59)78(49-27-19-45(6-2)20-28-49)50-29-21-46(22-30-50)41-75-67(79)52-11-7-8-12-53(52)68(75)80/h7-40H,5-6,41-42H2,1-4H3. The number of aryl methyl sites for hydroxylation is 3. The van der Waals surface area contributed by atoms with Gasteiger partial charge in [-0.05, 0) is 162 Å². The van der Waals surface area contributed by atoms with E-state index in [0.717, 1.165) is 91.4 Å². The van der Waals surface area contributed by atoms with Crippen molar-refractivity contribution in [1.82, 2.24) is 18.9 Å². The van der Waals surface area contributed by atoms with Gasteiger partial charge >= 0.3 is 0 Å². The predicted molar refractivity (Wildman–Crippen MR) is 328 cm³/mol. The molecule has 15 rings (SSSR count). The summed E-state index contributed by atoms with van der Waals surface area (Å²) in [6, 6.07) is 66.7. The summed E-state index contributed by atoms with van der Waals surface area (Å²) in [5.41, 5.74) is 20.9. The second-order valence-corrected chi connectivity index (χ2v) is 22.0. The van der Waals surface area contributed by atoms with Gasteiger partial charge in [0, 0.05) is 70.0 Å². The second-order valence-electron chi connectivity index (χ2n) is 22.0. The van der Waals surface area contributed by atoms with Crippen LogP contribution in [0.4, 0.5) is 39.8 Å². The summed E-state index contributed by atoms with van der Waals surface area (Å²) in [6.07, 6.45) is 6.22. The SMILES string of the molecule is CCc1ccc(N(c2ccc(C)cc2)c2ccc3c4c2ccn4-c2cc(N(C)CN4C(=O)c5ccccc5C4=O)cc4c2B3c2ccc(N(c3ccc(CC)cc3)c3ccc(CN5C(=O)c6ccccc6C5=O)cc3)c3ccn-4c23)cc1. The van der Waals surface area contributed by atoms with E-state index in [1.54, 1.807) is 48.5 Å². The number of carbonyl (C=O) groups excluding carboxylic acids is 4. The number of benzene rings is 9. The topological polar surface area (TPSA) is 94.3 Å². The molecule has 0 bridgehead atoms. The Morgan fingerprint density at radius 1 is 0.427 bits per heavy atom. The van der Waals surface area contributed by atoms with Gasteiger partial charge in [-0.2, -0.15) is 0 Å². The number of fused-ring (bicyclic) bond motifs is 6. The lowest BCUT2D eigenvalue weighted by atomic mass is 9.34. The Morgan fingerprint density at radius 3 is 1.23 bits per heavy atom. The summed E-state index contributed by atoms with van der Waals surface area (Å²) in [7, 11) is 1.95. The maximum Gasteiger partial charge on any atom is 0.263 e. The molecule has 396 valence electrons. The molecule has 11 nitrogen and oxygen atoms in total. The summed E-state index contributed by atoms with van der Waals surface area (Å²) >= 11 is 0. The van der Waals surface area contributed by atoms with Crippen LogP contribution < -0.4 is 31.1 Å². The molecule has 82 heavy (non-hydrogen) atoms. The zero-order valence-electron chi connectivity index (χ0n) is 45.8. The lowest BCUT2D eigenvalue weighted by Crippen LogP contribution is -2.59. The van der Waals surface area contributed by atoms with Crippen LogP contribution in [0, 0.1) is 6.92 Å². The first-order valence-electron chi connectivity index (χ1n) is 28.1. The Hall–Kier alpha value is -10.2. The fraction of sp³-hybridized carbons (Fsp3) is 0.114. The van der Waals surface area contributed by atoms with Crippen molar-refractivity contribution < 1.29 is 19.2 Å². The first kappa shape index (κ1) is 48.9.